The van der Waals surface area contributed by atoms with Crippen molar-refractivity contribution in [2.75, 3.05) is 6.61 Å². The van der Waals surface area contributed by atoms with E-state index in [1.165, 1.54) is 29.1 Å². The summed E-state index contributed by atoms with van der Waals surface area (Å²) in [6.07, 6.45) is 1.30. The number of aromatic nitrogens is 2. The highest BCUT2D eigenvalue weighted by Crippen LogP contribution is 2.27. The zero-order valence-corrected chi connectivity index (χ0v) is 18.1. The Bertz CT molecular complexity index is 1270. The van der Waals surface area contributed by atoms with Gasteiger partial charge in [0.15, 0.2) is 12.4 Å². The third-order valence-corrected chi connectivity index (χ3v) is 4.70. The van der Waals surface area contributed by atoms with Crippen molar-refractivity contribution in [3.63, 3.8) is 0 Å². The number of hydrogen-bond acceptors (Lipinski definition) is 7. The van der Waals surface area contributed by atoms with E-state index in [4.69, 9.17) is 9.84 Å². The molecule has 1 heterocycles. The summed E-state index contributed by atoms with van der Waals surface area (Å²) in [6.45, 7) is 3.04. The summed E-state index contributed by atoms with van der Waals surface area (Å²) in [7, 11) is 0. The molecule has 31 heavy (non-hydrogen) atoms. The molecule has 1 N–H and O–H groups in total. The van der Waals surface area contributed by atoms with Crippen LogP contribution in [0.3, 0.4) is 0 Å². The Morgan fingerprint density at radius 3 is 2.74 bits per heavy atom. The summed E-state index contributed by atoms with van der Waals surface area (Å²) < 4.78 is 6.84. The van der Waals surface area contributed by atoms with Gasteiger partial charge >= 0.3 is 11.7 Å². The normalized spacial score (nSPS) is 11.4. The van der Waals surface area contributed by atoms with Crippen LogP contribution < -0.4 is 10.3 Å². The van der Waals surface area contributed by atoms with Crippen molar-refractivity contribution < 1.29 is 19.6 Å². The second kappa shape index (κ2) is 9.04. The molecule has 160 valence electrons. The minimum Gasteiger partial charge on any atom is -0.479 e. The molecule has 0 atom stereocenters. The van der Waals surface area contributed by atoms with E-state index in [1.807, 2.05) is 13.8 Å². The molecule has 0 unspecified atom stereocenters. The third-order valence-electron chi connectivity index (χ3n) is 4.20. The molecule has 2 aromatic carbocycles. The van der Waals surface area contributed by atoms with Gasteiger partial charge in [0.1, 0.15) is 5.82 Å². The van der Waals surface area contributed by atoms with E-state index in [2.05, 4.69) is 26.0 Å². The van der Waals surface area contributed by atoms with Crippen molar-refractivity contribution in [3.8, 4) is 5.75 Å². The Kier molecular flexibility index (Phi) is 6.44. The molecule has 0 amide bonds. The number of carboxylic acid groups (broad SMARTS) is 1. The maximum absolute atomic E-state index is 13.0. The van der Waals surface area contributed by atoms with Gasteiger partial charge in [-0.15, -0.1) is 0 Å². The number of aliphatic carboxylic acids is 1. The van der Waals surface area contributed by atoms with E-state index in [0.29, 0.717) is 22.3 Å². The maximum Gasteiger partial charge on any atom is 0.341 e. The van der Waals surface area contributed by atoms with Crippen molar-refractivity contribution in [3.05, 3.63) is 72.7 Å². The lowest BCUT2D eigenvalue weighted by molar-refractivity contribution is -0.385. The van der Waals surface area contributed by atoms with Crippen LogP contribution in [0, 0.1) is 10.1 Å². The Labute approximate surface area is 184 Å². The van der Waals surface area contributed by atoms with E-state index in [0.717, 1.165) is 4.47 Å². The van der Waals surface area contributed by atoms with Crippen molar-refractivity contribution in [1.82, 2.24) is 9.66 Å². The van der Waals surface area contributed by atoms with Gasteiger partial charge in [0.25, 0.3) is 5.56 Å². The highest BCUT2D eigenvalue weighted by Gasteiger charge is 2.17. The summed E-state index contributed by atoms with van der Waals surface area (Å²) in [5.41, 5.74) is 0.0774. The number of ether oxygens (including phenoxy) is 1. The zero-order chi connectivity index (χ0) is 22.7. The molecule has 3 aromatic rings. The minimum absolute atomic E-state index is 0.112. The van der Waals surface area contributed by atoms with Crippen LogP contribution >= 0.6 is 15.9 Å². The maximum atomic E-state index is 13.0. The highest BCUT2D eigenvalue weighted by molar-refractivity contribution is 9.10. The van der Waals surface area contributed by atoms with Crippen LogP contribution in [0.15, 0.2) is 50.8 Å². The number of benzene rings is 2. The summed E-state index contributed by atoms with van der Waals surface area (Å²) in [5.74, 6) is -1.11. The number of hydrogen-bond donors (Lipinski definition) is 1. The first kappa shape index (κ1) is 22.1. The van der Waals surface area contributed by atoms with Gasteiger partial charge in [0, 0.05) is 22.0 Å². The van der Waals surface area contributed by atoms with Gasteiger partial charge < -0.3 is 9.84 Å². The molecule has 10 nitrogen and oxygen atoms in total. The quantitative estimate of drug-likeness (QED) is 0.305. The Balaban J connectivity index is 2.06. The lowest BCUT2D eigenvalue weighted by atomic mass is 10.2. The largest absolute Gasteiger partial charge is 0.479 e. The van der Waals surface area contributed by atoms with Crippen LogP contribution in [-0.4, -0.2) is 38.5 Å². The number of nitrogens with zero attached hydrogens (tertiary/aromatic N) is 4. The molecule has 0 saturated heterocycles. The fourth-order valence-electron chi connectivity index (χ4n) is 2.79. The number of nitro benzene ring substituents is 1. The Morgan fingerprint density at radius 2 is 2.10 bits per heavy atom. The van der Waals surface area contributed by atoms with Gasteiger partial charge in [-0.3, -0.25) is 14.9 Å². The summed E-state index contributed by atoms with van der Waals surface area (Å²) in [5, 5.41) is 24.6. The van der Waals surface area contributed by atoms with E-state index in [1.54, 1.807) is 18.2 Å². The fraction of sp³-hybridized carbons (Fsp3) is 0.200. The van der Waals surface area contributed by atoms with Crippen LogP contribution in [0.25, 0.3) is 10.9 Å². The molecule has 0 aliphatic rings. The number of carboxylic acids is 1. The van der Waals surface area contributed by atoms with E-state index < -0.39 is 23.2 Å². The fourth-order valence-corrected chi connectivity index (χ4v) is 3.16. The molecule has 0 aliphatic carbocycles. The third kappa shape index (κ3) is 4.94. The molecular weight excluding hydrogens is 472 g/mol. The zero-order valence-electron chi connectivity index (χ0n) is 16.5. The molecule has 0 saturated carbocycles. The van der Waals surface area contributed by atoms with Crippen LogP contribution in [0.2, 0.25) is 0 Å². The Morgan fingerprint density at radius 1 is 1.35 bits per heavy atom. The van der Waals surface area contributed by atoms with Crippen molar-refractivity contribution in [2.24, 2.45) is 5.10 Å². The van der Waals surface area contributed by atoms with Crippen LogP contribution in [0.5, 0.6) is 5.75 Å². The first-order valence-electron chi connectivity index (χ1n) is 9.07. The van der Waals surface area contributed by atoms with Crippen LogP contribution in [-0.2, 0) is 4.79 Å². The van der Waals surface area contributed by atoms with Crippen LogP contribution in [0.4, 0.5) is 5.69 Å². The smallest absolute Gasteiger partial charge is 0.341 e. The molecule has 0 aliphatic heterocycles. The standard InChI is InChI=1S/C20H17BrN4O6/c1-11(2)19-23-15-5-4-13(21)8-14(15)20(28)24(19)22-9-12-3-6-17(31-10-18(26)27)16(7-12)25(29)30/h3-9,11H,10H2,1-2H3,(H,26,27). The van der Waals surface area contributed by atoms with Gasteiger partial charge in [-0.2, -0.15) is 9.78 Å². The summed E-state index contributed by atoms with van der Waals surface area (Å²) in [6, 6.07) is 9.12. The molecule has 3 rings (SSSR count). The molecule has 11 heteroatoms. The second-order valence-corrected chi connectivity index (χ2v) is 7.73. The highest BCUT2D eigenvalue weighted by atomic mass is 79.9. The molecule has 0 radical (unpaired) electrons. The lowest BCUT2D eigenvalue weighted by Gasteiger charge is -2.12. The Hall–Kier alpha value is -3.60. The van der Waals surface area contributed by atoms with Gasteiger partial charge in [0.2, 0.25) is 0 Å². The molecule has 0 fully saturated rings. The number of halogens is 1. The lowest BCUT2D eigenvalue weighted by Crippen LogP contribution is -2.23. The number of fused-ring (bicyclic) bond motifs is 1. The average Bonchev–Trinajstić information content (AvgIpc) is 2.71. The molecular formula is C20H17BrN4O6. The predicted octanol–water partition coefficient (Wildman–Crippen LogP) is 3.54. The topological polar surface area (TPSA) is 137 Å². The first-order chi connectivity index (χ1) is 14.7. The second-order valence-electron chi connectivity index (χ2n) is 6.81. The SMILES string of the molecule is CC(C)c1nc2ccc(Br)cc2c(=O)n1N=Cc1ccc(OCC(=O)O)c([N+](=O)[O-])c1. The monoisotopic (exact) mass is 488 g/mol. The van der Waals surface area contributed by atoms with Gasteiger partial charge in [-0.25, -0.2) is 9.78 Å². The summed E-state index contributed by atoms with van der Waals surface area (Å²) >= 11 is 3.34. The number of rotatable bonds is 7. The molecule has 0 spiro atoms. The van der Waals surface area contributed by atoms with Crippen molar-refractivity contribution >= 4 is 44.7 Å². The van der Waals surface area contributed by atoms with Crippen LogP contribution in [0.1, 0.15) is 31.2 Å². The van der Waals surface area contributed by atoms with Crippen molar-refractivity contribution in [2.45, 2.75) is 19.8 Å². The average molecular weight is 489 g/mol. The number of carbonyl (C=O) groups is 1. The predicted molar refractivity (Wildman–Crippen MR) is 117 cm³/mol. The summed E-state index contributed by atoms with van der Waals surface area (Å²) in [4.78, 5) is 38.8. The van der Waals surface area contributed by atoms with Crippen molar-refractivity contribution in [1.29, 1.82) is 0 Å². The van der Waals surface area contributed by atoms with Gasteiger partial charge in [0.05, 0.1) is 22.0 Å². The van der Waals surface area contributed by atoms with E-state index in [-0.39, 0.29) is 17.2 Å². The number of nitro groups is 1. The van der Waals surface area contributed by atoms with E-state index in [9.17, 15) is 19.7 Å². The minimum atomic E-state index is -1.25. The van der Waals surface area contributed by atoms with Gasteiger partial charge in [-0.1, -0.05) is 29.8 Å². The molecule has 1 aromatic heterocycles. The van der Waals surface area contributed by atoms with E-state index >= 15 is 0 Å². The first-order valence-corrected chi connectivity index (χ1v) is 9.86. The molecule has 0 bridgehead atoms. The van der Waals surface area contributed by atoms with Gasteiger partial charge in [-0.05, 0) is 30.3 Å².